The van der Waals surface area contributed by atoms with Gasteiger partial charge < -0.3 is 0 Å². The molecule has 1 aromatic carbocycles. The van der Waals surface area contributed by atoms with E-state index >= 15 is 0 Å². The first kappa shape index (κ1) is 11.9. The van der Waals surface area contributed by atoms with Crippen molar-refractivity contribution in [2.24, 2.45) is 0 Å². The van der Waals surface area contributed by atoms with E-state index in [9.17, 15) is 4.79 Å². The molecule has 0 amide bonds. The van der Waals surface area contributed by atoms with Crippen molar-refractivity contribution in [3.05, 3.63) is 32.2 Å². The van der Waals surface area contributed by atoms with Gasteiger partial charge in [0.2, 0.25) is 0 Å². The molecule has 0 spiro atoms. The van der Waals surface area contributed by atoms with Gasteiger partial charge in [0.1, 0.15) is 5.78 Å². The van der Waals surface area contributed by atoms with Gasteiger partial charge in [-0.2, -0.15) is 0 Å². The van der Waals surface area contributed by atoms with Gasteiger partial charge in [-0.05, 0) is 30.2 Å². The van der Waals surface area contributed by atoms with E-state index in [1.807, 2.05) is 26.0 Å². The van der Waals surface area contributed by atoms with Crippen LogP contribution in [0.5, 0.6) is 0 Å². The molecule has 0 saturated heterocycles. The SMILES string of the molecule is CCC(=O)Cc1cc(Br)c(C)c(Br)c1. The Kier molecular flexibility index (Phi) is 4.32. The molecule has 0 heterocycles. The van der Waals surface area contributed by atoms with E-state index in [1.165, 1.54) is 0 Å². The van der Waals surface area contributed by atoms with Crippen molar-refractivity contribution in [3.8, 4) is 0 Å². The Labute approximate surface area is 101 Å². The maximum absolute atomic E-state index is 11.3. The minimum atomic E-state index is 0.271. The Bertz CT molecular complexity index is 335. The fourth-order valence-corrected chi connectivity index (χ4v) is 2.43. The summed E-state index contributed by atoms with van der Waals surface area (Å²) < 4.78 is 2.09. The van der Waals surface area contributed by atoms with Crippen LogP contribution < -0.4 is 0 Å². The van der Waals surface area contributed by atoms with E-state index in [2.05, 4.69) is 31.9 Å². The lowest BCUT2D eigenvalue weighted by Gasteiger charge is -2.05. The van der Waals surface area contributed by atoms with Crippen LogP contribution in [0.2, 0.25) is 0 Å². The summed E-state index contributed by atoms with van der Waals surface area (Å²) in [5, 5.41) is 0. The summed E-state index contributed by atoms with van der Waals surface area (Å²) >= 11 is 6.93. The number of rotatable bonds is 3. The molecule has 1 rings (SSSR count). The number of carbonyl (C=O) groups excluding carboxylic acids is 1. The van der Waals surface area contributed by atoms with Gasteiger partial charge in [0, 0.05) is 21.8 Å². The van der Waals surface area contributed by atoms with Gasteiger partial charge in [-0.15, -0.1) is 0 Å². The monoisotopic (exact) mass is 318 g/mol. The molecule has 0 aromatic heterocycles. The highest BCUT2D eigenvalue weighted by molar-refractivity contribution is 9.11. The van der Waals surface area contributed by atoms with Gasteiger partial charge in [0.05, 0.1) is 0 Å². The molecule has 3 heteroatoms. The van der Waals surface area contributed by atoms with Crippen LogP contribution in [-0.2, 0) is 11.2 Å². The van der Waals surface area contributed by atoms with E-state index in [4.69, 9.17) is 0 Å². The van der Waals surface area contributed by atoms with Crippen molar-refractivity contribution < 1.29 is 4.79 Å². The molecule has 76 valence electrons. The summed E-state index contributed by atoms with van der Waals surface area (Å²) in [6, 6.07) is 4.02. The van der Waals surface area contributed by atoms with Crippen LogP contribution >= 0.6 is 31.9 Å². The quantitative estimate of drug-likeness (QED) is 0.821. The van der Waals surface area contributed by atoms with E-state index in [0.29, 0.717) is 12.8 Å². The molecule has 0 aliphatic rings. The van der Waals surface area contributed by atoms with Crippen LogP contribution in [-0.4, -0.2) is 5.78 Å². The van der Waals surface area contributed by atoms with Crippen molar-refractivity contribution in [2.45, 2.75) is 26.7 Å². The van der Waals surface area contributed by atoms with E-state index < -0.39 is 0 Å². The van der Waals surface area contributed by atoms with Crippen molar-refractivity contribution in [1.82, 2.24) is 0 Å². The largest absolute Gasteiger partial charge is 0.299 e. The van der Waals surface area contributed by atoms with Gasteiger partial charge in [-0.3, -0.25) is 4.79 Å². The molecule has 0 fully saturated rings. The number of halogens is 2. The summed E-state index contributed by atoms with van der Waals surface area (Å²) in [6.45, 7) is 3.92. The Balaban J connectivity index is 2.95. The van der Waals surface area contributed by atoms with Crippen molar-refractivity contribution in [3.63, 3.8) is 0 Å². The topological polar surface area (TPSA) is 17.1 Å². The minimum Gasteiger partial charge on any atom is -0.299 e. The molecule has 0 saturated carbocycles. The van der Waals surface area contributed by atoms with E-state index in [-0.39, 0.29) is 5.78 Å². The first-order valence-electron chi connectivity index (χ1n) is 4.50. The molecule has 1 aromatic rings. The van der Waals surface area contributed by atoms with Crippen molar-refractivity contribution in [2.75, 3.05) is 0 Å². The van der Waals surface area contributed by atoms with Gasteiger partial charge in [0.15, 0.2) is 0 Å². The third-order valence-electron chi connectivity index (χ3n) is 2.14. The molecule has 0 unspecified atom stereocenters. The van der Waals surface area contributed by atoms with Crippen LogP contribution in [0.1, 0.15) is 24.5 Å². The average molecular weight is 320 g/mol. The standard InChI is InChI=1S/C11H12Br2O/c1-3-9(14)4-8-5-10(12)7(2)11(13)6-8/h5-6H,3-4H2,1-2H3. The molecular weight excluding hydrogens is 308 g/mol. The molecular formula is C11H12Br2O. The summed E-state index contributed by atoms with van der Waals surface area (Å²) in [5.74, 6) is 0.271. The number of benzene rings is 1. The van der Waals surface area contributed by atoms with Crippen molar-refractivity contribution in [1.29, 1.82) is 0 Å². The highest BCUT2D eigenvalue weighted by Crippen LogP contribution is 2.26. The molecule has 0 N–H and O–H groups in total. The van der Waals surface area contributed by atoms with E-state index in [0.717, 1.165) is 20.1 Å². The predicted octanol–water partition coefficient (Wildman–Crippen LogP) is 4.04. The first-order chi connectivity index (χ1) is 6.54. The van der Waals surface area contributed by atoms with Gasteiger partial charge in [-0.1, -0.05) is 38.8 Å². The summed E-state index contributed by atoms with van der Waals surface area (Å²) in [6.07, 6.45) is 1.12. The number of hydrogen-bond donors (Lipinski definition) is 0. The fourth-order valence-electron chi connectivity index (χ4n) is 1.15. The number of Topliss-reactive ketones (excluding diaryl/α,β-unsaturated/α-hetero) is 1. The second-order valence-corrected chi connectivity index (χ2v) is 4.96. The zero-order valence-corrected chi connectivity index (χ0v) is 11.4. The highest BCUT2D eigenvalue weighted by atomic mass is 79.9. The normalized spacial score (nSPS) is 10.3. The maximum atomic E-state index is 11.3. The third-order valence-corrected chi connectivity index (χ3v) is 3.78. The zero-order valence-electron chi connectivity index (χ0n) is 8.23. The highest BCUT2D eigenvalue weighted by Gasteiger charge is 2.06. The lowest BCUT2D eigenvalue weighted by Crippen LogP contribution is -2.00. The molecule has 0 aliphatic heterocycles. The van der Waals surface area contributed by atoms with Crippen LogP contribution in [0.3, 0.4) is 0 Å². The Morgan fingerprint density at radius 3 is 2.21 bits per heavy atom. The fraction of sp³-hybridized carbons (Fsp3) is 0.364. The van der Waals surface area contributed by atoms with Crippen LogP contribution in [0.25, 0.3) is 0 Å². The maximum Gasteiger partial charge on any atom is 0.136 e. The van der Waals surface area contributed by atoms with Gasteiger partial charge in [0.25, 0.3) is 0 Å². The van der Waals surface area contributed by atoms with Gasteiger partial charge in [-0.25, -0.2) is 0 Å². The molecule has 0 bridgehead atoms. The predicted molar refractivity (Wildman–Crippen MR) is 65.6 cm³/mol. The Hall–Kier alpha value is -0.150. The Morgan fingerprint density at radius 1 is 1.29 bits per heavy atom. The lowest BCUT2D eigenvalue weighted by molar-refractivity contribution is -0.118. The minimum absolute atomic E-state index is 0.271. The van der Waals surface area contributed by atoms with Crippen LogP contribution in [0, 0.1) is 6.92 Å². The second kappa shape index (κ2) is 5.08. The molecule has 0 atom stereocenters. The number of carbonyl (C=O) groups is 1. The molecule has 1 nitrogen and oxygen atoms in total. The van der Waals surface area contributed by atoms with E-state index in [1.54, 1.807) is 0 Å². The third kappa shape index (κ3) is 2.92. The lowest BCUT2D eigenvalue weighted by atomic mass is 10.1. The average Bonchev–Trinajstić information content (AvgIpc) is 2.14. The van der Waals surface area contributed by atoms with Crippen molar-refractivity contribution >= 4 is 37.6 Å². The zero-order chi connectivity index (χ0) is 10.7. The molecule has 14 heavy (non-hydrogen) atoms. The molecule has 0 aliphatic carbocycles. The first-order valence-corrected chi connectivity index (χ1v) is 6.09. The second-order valence-electron chi connectivity index (χ2n) is 3.25. The Morgan fingerprint density at radius 2 is 1.79 bits per heavy atom. The smallest absolute Gasteiger partial charge is 0.136 e. The van der Waals surface area contributed by atoms with Crippen LogP contribution in [0.15, 0.2) is 21.1 Å². The summed E-state index contributed by atoms with van der Waals surface area (Å²) in [5.41, 5.74) is 2.22. The summed E-state index contributed by atoms with van der Waals surface area (Å²) in [7, 11) is 0. The summed E-state index contributed by atoms with van der Waals surface area (Å²) in [4.78, 5) is 11.3. The molecule has 0 radical (unpaired) electrons. The van der Waals surface area contributed by atoms with Crippen LogP contribution in [0.4, 0.5) is 0 Å². The van der Waals surface area contributed by atoms with Gasteiger partial charge >= 0.3 is 0 Å². The number of ketones is 1. The number of hydrogen-bond acceptors (Lipinski definition) is 1.